The third kappa shape index (κ3) is 2.91. The van der Waals surface area contributed by atoms with Crippen LogP contribution in [-0.2, 0) is 9.53 Å². The highest BCUT2D eigenvalue weighted by molar-refractivity contribution is 7.08. The minimum Gasteiger partial charge on any atom is -0.507 e. The van der Waals surface area contributed by atoms with Gasteiger partial charge in [-0.25, -0.2) is 0 Å². The van der Waals surface area contributed by atoms with Crippen LogP contribution in [0.2, 0.25) is 0 Å². The topological polar surface area (TPSA) is 79.4 Å². The fraction of sp³-hybridized carbons (Fsp3) is 0.286. The van der Waals surface area contributed by atoms with E-state index in [2.05, 4.69) is 9.72 Å². The average Bonchev–Trinajstić information content (AvgIpc) is 2.89. The molecule has 0 aliphatic carbocycles. The fourth-order valence-electron chi connectivity index (χ4n) is 2.13. The molecular formula is C14H15NO4S. The van der Waals surface area contributed by atoms with Crippen molar-refractivity contribution in [2.24, 2.45) is 0 Å². The summed E-state index contributed by atoms with van der Waals surface area (Å²) in [4.78, 5) is 26.3. The molecule has 0 amide bonds. The smallest absolute Gasteiger partial charge is 0.306 e. The highest BCUT2D eigenvalue weighted by atomic mass is 32.1. The van der Waals surface area contributed by atoms with Crippen LogP contribution in [0.5, 0.6) is 5.75 Å². The van der Waals surface area contributed by atoms with Crippen LogP contribution < -0.4 is 5.56 Å². The van der Waals surface area contributed by atoms with E-state index in [-0.39, 0.29) is 23.3 Å². The Hall–Kier alpha value is -2.08. The Bertz CT molecular complexity index is 660. The molecule has 0 bridgehead atoms. The van der Waals surface area contributed by atoms with Gasteiger partial charge in [-0.15, -0.1) is 0 Å². The maximum atomic E-state index is 12.1. The highest BCUT2D eigenvalue weighted by Gasteiger charge is 2.25. The van der Waals surface area contributed by atoms with Crippen LogP contribution in [-0.4, -0.2) is 23.2 Å². The lowest BCUT2D eigenvalue weighted by Gasteiger charge is -2.16. The molecule has 0 saturated carbocycles. The number of rotatable bonds is 4. The molecule has 106 valence electrons. The number of ether oxygens (including phenoxy) is 1. The molecular weight excluding hydrogens is 278 g/mol. The molecule has 2 heterocycles. The van der Waals surface area contributed by atoms with Gasteiger partial charge in [0, 0.05) is 11.6 Å². The number of H-pyrrole nitrogens is 1. The lowest BCUT2D eigenvalue weighted by atomic mass is 9.90. The molecule has 0 aliphatic heterocycles. The molecule has 0 spiro atoms. The molecule has 0 aromatic carbocycles. The van der Waals surface area contributed by atoms with Crippen LogP contribution >= 0.6 is 11.3 Å². The Morgan fingerprint density at radius 3 is 2.85 bits per heavy atom. The van der Waals surface area contributed by atoms with Crippen LogP contribution in [0.3, 0.4) is 0 Å². The minimum atomic E-state index is -0.516. The van der Waals surface area contributed by atoms with Gasteiger partial charge in [-0.3, -0.25) is 9.59 Å². The van der Waals surface area contributed by atoms with Crippen LogP contribution in [0, 0.1) is 6.92 Å². The summed E-state index contributed by atoms with van der Waals surface area (Å²) in [7, 11) is 1.30. The number of hydrogen-bond donors (Lipinski definition) is 2. The number of aromatic hydroxyl groups is 1. The Morgan fingerprint density at radius 2 is 2.30 bits per heavy atom. The lowest BCUT2D eigenvalue weighted by molar-refractivity contribution is -0.140. The summed E-state index contributed by atoms with van der Waals surface area (Å²) in [6.07, 6.45) is 0.00688. The van der Waals surface area contributed by atoms with E-state index in [0.717, 1.165) is 5.56 Å². The maximum Gasteiger partial charge on any atom is 0.306 e. The van der Waals surface area contributed by atoms with Gasteiger partial charge in [0.05, 0.1) is 19.1 Å². The van der Waals surface area contributed by atoms with Crippen molar-refractivity contribution in [1.29, 1.82) is 0 Å². The van der Waals surface area contributed by atoms with E-state index >= 15 is 0 Å². The SMILES string of the molecule is COC(=O)C[C@H](c1ccsc1)c1c(O)cc(C)[nH]c1=O. The van der Waals surface area contributed by atoms with E-state index in [4.69, 9.17) is 0 Å². The van der Waals surface area contributed by atoms with Crippen molar-refractivity contribution in [3.63, 3.8) is 0 Å². The number of pyridine rings is 1. The first kappa shape index (κ1) is 14.3. The van der Waals surface area contributed by atoms with E-state index < -0.39 is 11.9 Å². The van der Waals surface area contributed by atoms with Gasteiger partial charge in [-0.2, -0.15) is 11.3 Å². The van der Waals surface area contributed by atoms with Gasteiger partial charge >= 0.3 is 5.97 Å². The molecule has 0 aliphatic rings. The third-order valence-electron chi connectivity index (χ3n) is 3.08. The minimum absolute atomic E-state index is 0.00688. The van der Waals surface area contributed by atoms with Crippen molar-refractivity contribution in [3.05, 3.63) is 50.1 Å². The average molecular weight is 293 g/mol. The molecule has 2 N–H and O–H groups in total. The standard InChI is InChI=1S/C14H15NO4S/c1-8-5-11(16)13(14(18)15-8)10(6-12(17)19-2)9-3-4-20-7-9/h3-5,7,10H,6H2,1-2H3,(H2,15,16,18)/t10-/m1/s1. The van der Waals surface area contributed by atoms with Crippen molar-refractivity contribution in [3.8, 4) is 5.75 Å². The molecule has 2 rings (SSSR count). The molecule has 0 radical (unpaired) electrons. The van der Waals surface area contributed by atoms with E-state index in [1.165, 1.54) is 24.5 Å². The monoisotopic (exact) mass is 293 g/mol. The van der Waals surface area contributed by atoms with E-state index in [0.29, 0.717) is 5.69 Å². The molecule has 6 heteroatoms. The first-order chi connectivity index (χ1) is 9.52. The molecule has 2 aromatic rings. The first-order valence-electron chi connectivity index (χ1n) is 6.04. The second kappa shape index (κ2) is 5.92. The quantitative estimate of drug-likeness (QED) is 0.846. The Balaban J connectivity index is 2.52. The summed E-state index contributed by atoms with van der Waals surface area (Å²) < 4.78 is 4.67. The number of carbonyl (C=O) groups is 1. The number of hydrogen-bond acceptors (Lipinski definition) is 5. The second-order valence-corrected chi connectivity index (χ2v) is 5.25. The lowest BCUT2D eigenvalue weighted by Crippen LogP contribution is -2.20. The first-order valence-corrected chi connectivity index (χ1v) is 6.99. The highest BCUT2D eigenvalue weighted by Crippen LogP contribution is 2.32. The van der Waals surface area contributed by atoms with E-state index in [1.54, 1.807) is 6.92 Å². The number of aromatic amines is 1. The fourth-order valence-corrected chi connectivity index (χ4v) is 2.84. The summed E-state index contributed by atoms with van der Waals surface area (Å²) in [6.45, 7) is 1.69. The summed E-state index contributed by atoms with van der Waals surface area (Å²) in [5.41, 5.74) is 1.19. The molecule has 2 aromatic heterocycles. The number of nitrogens with one attached hydrogen (secondary N) is 1. The van der Waals surface area contributed by atoms with Crippen molar-refractivity contribution in [1.82, 2.24) is 4.98 Å². The zero-order chi connectivity index (χ0) is 14.7. The largest absolute Gasteiger partial charge is 0.507 e. The molecule has 0 saturated heterocycles. The predicted octanol–water partition coefficient (Wildman–Crippen LogP) is 2.15. The third-order valence-corrected chi connectivity index (χ3v) is 3.78. The Kier molecular flexibility index (Phi) is 4.24. The molecule has 20 heavy (non-hydrogen) atoms. The zero-order valence-corrected chi connectivity index (χ0v) is 12.0. The van der Waals surface area contributed by atoms with Gasteiger partial charge < -0.3 is 14.8 Å². The summed E-state index contributed by atoms with van der Waals surface area (Å²) in [6, 6.07) is 3.31. The predicted molar refractivity (Wildman–Crippen MR) is 76.3 cm³/mol. The number of methoxy groups -OCH3 is 1. The van der Waals surface area contributed by atoms with Gasteiger partial charge in [0.25, 0.3) is 5.56 Å². The van der Waals surface area contributed by atoms with Crippen molar-refractivity contribution < 1.29 is 14.6 Å². The normalized spacial score (nSPS) is 12.1. The van der Waals surface area contributed by atoms with Gasteiger partial charge in [0.2, 0.25) is 0 Å². The number of aromatic nitrogens is 1. The summed E-state index contributed by atoms with van der Waals surface area (Å²) in [5, 5.41) is 13.8. The maximum absolute atomic E-state index is 12.1. The van der Waals surface area contributed by atoms with Gasteiger partial charge in [-0.05, 0) is 35.4 Å². The van der Waals surface area contributed by atoms with Crippen LogP contribution in [0.4, 0.5) is 0 Å². The second-order valence-electron chi connectivity index (χ2n) is 4.47. The van der Waals surface area contributed by atoms with Gasteiger partial charge in [-0.1, -0.05) is 0 Å². The zero-order valence-electron chi connectivity index (χ0n) is 11.2. The number of aryl methyl sites for hydroxylation is 1. The van der Waals surface area contributed by atoms with Crippen LogP contribution in [0.1, 0.15) is 29.2 Å². The van der Waals surface area contributed by atoms with Crippen molar-refractivity contribution in [2.45, 2.75) is 19.3 Å². The summed E-state index contributed by atoms with van der Waals surface area (Å²) in [5.74, 6) is -1.05. The van der Waals surface area contributed by atoms with E-state index in [9.17, 15) is 14.7 Å². The van der Waals surface area contributed by atoms with Crippen molar-refractivity contribution in [2.75, 3.05) is 7.11 Å². The Morgan fingerprint density at radius 1 is 1.55 bits per heavy atom. The summed E-state index contributed by atoms with van der Waals surface area (Å²) >= 11 is 1.47. The molecule has 1 atom stereocenters. The molecule has 5 nitrogen and oxygen atoms in total. The number of thiophene rings is 1. The van der Waals surface area contributed by atoms with E-state index in [1.807, 2.05) is 16.8 Å². The number of esters is 1. The van der Waals surface area contributed by atoms with Crippen LogP contribution in [0.15, 0.2) is 27.7 Å². The molecule has 0 unspecified atom stereocenters. The van der Waals surface area contributed by atoms with Crippen LogP contribution in [0.25, 0.3) is 0 Å². The van der Waals surface area contributed by atoms with Crippen molar-refractivity contribution >= 4 is 17.3 Å². The van der Waals surface area contributed by atoms with Gasteiger partial charge in [0.15, 0.2) is 0 Å². The number of carbonyl (C=O) groups excluding carboxylic acids is 1. The Labute approximate surface area is 119 Å². The van der Waals surface area contributed by atoms with Gasteiger partial charge in [0.1, 0.15) is 5.75 Å². The molecule has 0 fully saturated rings.